The van der Waals surface area contributed by atoms with E-state index in [4.69, 9.17) is 4.74 Å². The number of hydrogen-bond donors (Lipinski definition) is 1. The SMILES string of the molecule is CC(=O)N1CCCC1C(=O)NCCc1ccc(OC(C)C)cc1. The van der Waals surface area contributed by atoms with Crippen LogP contribution in [0.25, 0.3) is 0 Å². The molecule has 1 unspecified atom stereocenters. The lowest BCUT2D eigenvalue weighted by atomic mass is 10.1. The Kier molecular flexibility index (Phi) is 6.02. The standard InChI is InChI=1S/C18H26N2O3/c1-13(2)23-16-8-6-15(7-9-16)10-11-19-18(22)17-5-4-12-20(17)14(3)21/h6-9,13,17H,4-5,10-12H2,1-3H3,(H,19,22). The number of hydrogen-bond acceptors (Lipinski definition) is 3. The van der Waals surface area contributed by atoms with Gasteiger partial charge in [-0.1, -0.05) is 12.1 Å². The average molecular weight is 318 g/mol. The molecule has 1 N–H and O–H groups in total. The van der Waals surface area contributed by atoms with Crippen LogP contribution in [-0.4, -0.2) is 41.9 Å². The smallest absolute Gasteiger partial charge is 0.242 e. The molecule has 2 amide bonds. The van der Waals surface area contributed by atoms with Gasteiger partial charge in [-0.3, -0.25) is 9.59 Å². The number of amides is 2. The summed E-state index contributed by atoms with van der Waals surface area (Å²) in [4.78, 5) is 25.4. The van der Waals surface area contributed by atoms with Gasteiger partial charge in [0.25, 0.3) is 0 Å². The van der Waals surface area contributed by atoms with Gasteiger partial charge in [0.15, 0.2) is 0 Å². The molecule has 0 aliphatic carbocycles. The predicted octanol–water partition coefficient (Wildman–Crippen LogP) is 2.14. The van der Waals surface area contributed by atoms with Crippen molar-refractivity contribution < 1.29 is 14.3 Å². The molecular formula is C18H26N2O3. The Morgan fingerprint density at radius 3 is 2.61 bits per heavy atom. The summed E-state index contributed by atoms with van der Waals surface area (Å²) in [5.74, 6) is 0.789. The van der Waals surface area contributed by atoms with Crippen molar-refractivity contribution in [2.75, 3.05) is 13.1 Å². The second kappa shape index (κ2) is 7.99. The first-order valence-electron chi connectivity index (χ1n) is 8.28. The number of nitrogens with one attached hydrogen (secondary N) is 1. The van der Waals surface area contributed by atoms with Crippen molar-refractivity contribution in [3.05, 3.63) is 29.8 Å². The maximum Gasteiger partial charge on any atom is 0.242 e. The zero-order valence-electron chi connectivity index (χ0n) is 14.2. The molecule has 0 bridgehead atoms. The average Bonchev–Trinajstić information content (AvgIpc) is 2.98. The second-order valence-corrected chi connectivity index (χ2v) is 6.22. The van der Waals surface area contributed by atoms with Crippen molar-refractivity contribution in [3.8, 4) is 5.75 Å². The highest BCUT2D eigenvalue weighted by atomic mass is 16.5. The minimum absolute atomic E-state index is 0.0246. The van der Waals surface area contributed by atoms with E-state index < -0.39 is 0 Å². The predicted molar refractivity (Wildman–Crippen MR) is 89.3 cm³/mol. The lowest BCUT2D eigenvalue weighted by Gasteiger charge is -2.22. The number of carbonyl (C=O) groups excluding carboxylic acids is 2. The first-order chi connectivity index (χ1) is 11.0. The topological polar surface area (TPSA) is 58.6 Å². The summed E-state index contributed by atoms with van der Waals surface area (Å²) in [6, 6.07) is 7.63. The molecule has 1 aromatic rings. The van der Waals surface area contributed by atoms with Crippen LogP contribution in [0.1, 0.15) is 39.2 Å². The summed E-state index contributed by atoms with van der Waals surface area (Å²) in [7, 11) is 0. The minimum atomic E-state index is -0.297. The van der Waals surface area contributed by atoms with Crippen molar-refractivity contribution in [2.24, 2.45) is 0 Å². The highest BCUT2D eigenvalue weighted by Crippen LogP contribution is 2.17. The Morgan fingerprint density at radius 1 is 1.30 bits per heavy atom. The number of rotatable bonds is 6. The lowest BCUT2D eigenvalue weighted by Crippen LogP contribution is -2.45. The molecule has 5 heteroatoms. The summed E-state index contributed by atoms with van der Waals surface area (Å²) >= 11 is 0. The minimum Gasteiger partial charge on any atom is -0.491 e. The van der Waals surface area contributed by atoms with E-state index in [0.29, 0.717) is 13.1 Å². The number of likely N-dealkylation sites (tertiary alicyclic amines) is 1. The fourth-order valence-corrected chi connectivity index (χ4v) is 2.87. The van der Waals surface area contributed by atoms with Crippen LogP contribution in [0.2, 0.25) is 0 Å². The third kappa shape index (κ3) is 4.98. The van der Waals surface area contributed by atoms with Crippen LogP contribution in [0.5, 0.6) is 5.75 Å². The summed E-state index contributed by atoms with van der Waals surface area (Å²) in [5, 5.41) is 2.94. The number of benzene rings is 1. The van der Waals surface area contributed by atoms with Crippen LogP contribution in [0.3, 0.4) is 0 Å². The Morgan fingerprint density at radius 2 is 2.00 bits per heavy atom. The molecule has 0 spiro atoms. The number of carbonyl (C=O) groups is 2. The van der Waals surface area contributed by atoms with Crippen molar-refractivity contribution in [3.63, 3.8) is 0 Å². The molecule has 1 saturated heterocycles. The molecule has 1 atom stereocenters. The highest BCUT2D eigenvalue weighted by molar-refractivity contribution is 5.87. The van der Waals surface area contributed by atoms with Gasteiger partial charge in [-0.05, 0) is 50.8 Å². The van der Waals surface area contributed by atoms with E-state index in [1.165, 1.54) is 6.92 Å². The van der Waals surface area contributed by atoms with Gasteiger partial charge in [-0.25, -0.2) is 0 Å². The fraction of sp³-hybridized carbons (Fsp3) is 0.556. The van der Waals surface area contributed by atoms with Crippen molar-refractivity contribution in [1.82, 2.24) is 10.2 Å². The van der Waals surface area contributed by atoms with Gasteiger partial charge in [0.1, 0.15) is 11.8 Å². The van der Waals surface area contributed by atoms with Crippen LogP contribution in [-0.2, 0) is 16.0 Å². The number of ether oxygens (including phenoxy) is 1. The molecule has 0 saturated carbocycles. The van der Waals surface area contributed by atoms with Gasteiger partial charge in [0.2, 0.25) is 11.8 Å². The summed E-state index contributed by atoms with van der Waals surface area (Å²) in [6.45, 7) is 6.77. The molecule has 1 aliphatic rings. The molecule has 23 heavy (non-hydrogen) atoms. The van der Waals surface area contributed by atoms with Crippen LogP contribution in [0.4, 0.5) is 0 Å². The van der Waals surface area contributed by atoms with E-state index >= 15 is 0 Å². The third-order valence-electron chi connectivity index (χ3n) is 3.97. The molecular weight excluding hydrogens is 292 g/mol. The van der Waals surface area contributed by atoms with Gasteiger partial charge < -0.3 is 15.0 Å². The quantitative estimate of drug-likeness (QED) is 0.874. The zero-order valence-corrected chi connectivity index (χ0v) is 14.2. The van der Waals surface area contributed by atoms with Crippen molar-refractivity contribution in [2.45, 2.75) is 52.2 Å². The van der Waals surface area contributed by atoms with E-state index in [1.54, 1.807) is 4.90 Å². The normalized spacial score (nSPS) is 17.4. The molecule has 0 aromatic heterocycles. The van der Waals surface area contributed by atoms with Gasteiger partial charge in [0, 0.05) is 20.0 Å². The second-order valence-electron chi connectivity index (χ2n) is 6.22. The van der Waals surface area contributed by atoms with Gasteiger partial charge in [0.05, 0.1) is 6.10 Å². The third-order valence-corrected chi connectivity index (χ3v) is 3.97. The largest absolute Gasteiger partial charge is 0.491 e. The van der Waals surface area contributed by atoms with Crippen LogP contribution >= 0.6 is 0 Å². The molecule has 5 nitrogen and oxygen atoms in total. The molecule has 2 rings (SSSR count). The van der Waals surface area contributed by atoms with Crippen LogP contribution < -0.4 is 10.1 Å². The van der Waals surface area contributed by atoms with E-state index in [2.05, 4.69) is 5.32 Å². The van der Waals surface area contributed by atoms with E-state index in [9.17, 15) is 9.59 Å². The van der Waals surface area contributed by atoms with Crippen molar-refractivity contribution >= 4 is 11.8 Å². The summed E-state index contributed by atoms with van der Waals surface area (Å²) < 4.78 is 5.61. The fourth-order valence-electron chi connectivity index (χ4n) is 2.87. The van der Waals surface area contributed by atoms with Crippen molar-refractivity contribution in [1.29, 1.82) is 0 Å². The van der Waals surface area contributed by atoms with E-state index in [0.717, 1.165) is 30.6 Å². The Labute approximate surface area is 138 Å². The number of nitrogens with zero attached hydrogens (tertiary/aromatic N) is 1. The molecule has 126 valence electrons. The first kappa shape index (κ1) is 17.3. The first-order valence-corrected chi connectivity index (χ1v) is 8.28. The molecule has 1 heterocycles. The van der Waals surface area contributed by atoms with E-state index in [-0.39, 0.29) is 24.0 Å². The highest BCUT2D eigenvalue weighted by Gasteiger charge is 2.31. The molecule has 1 aromatic carbocycles. The monoisotopic (exact) mass is 318 g/mol. The summed E-state index contributed by atoms with van der Waals surface area (Å²) in [6.07, 6.45) is 2.58. The maximum atomic E-state index is 12.2. The summed E-state index contributed by atoms with van der Waals surface area (Å²) in [5.41, 5.74) is 1.15. The Hall–Kier alpha value is -2.04. The molecule has 1 fully saturated rings. The van der Waals surface area contributed by atoms with Gasteiger partial charge in [-0.15, -0.1) is 0 Å². The zero-order chi connectivity index (χ0) is 16.8. The Bertz CT molecular complexity index is 540. The lowest BCUT2D eigenvalue weighted by molar-refractivity contribution is -0.136. The Balaban J connectivity index is 1.78. The van der Waals surface area contributed by atoms with Crippen LogP contribution in [0, 0.1) is 0 Å². The maximum absolute atomic E-state index is 12.2. The van der Waals surface area contributed by atoms with Gasteiger partial charge in [-0.2, -0.15) is 0 Å². The molecule has 1 aliphatic heterocycles. The van der Waals surface area contributed by atoms with Gasteiger partial charge >= 0.3 is 0 Å². The van der Waals surface area contributed by atoms with E-state index in [1.807, 2.05) is 38.1 Å². The van der Waals surface area contributed by atoms with Crippen LogP contribution in [0.15, 0.2) is 24.3 Å². The molecule has 0 radical (unpaired) electrons.